The summed E-state index contributed by atoms with van der Waals surface area (Å²) in [6.07, 6.45) is 0.0632. The Kier molecular flexibility index (Phi) is 13.0. The Hall–Kier alpha value is -0.570. The molecule has 6 nitrogen and oxygen atoms in total. The molecule has 0 radical (unpaired) electrons. The first-order valence-corrected chi connectivity index (χ1v) is 7.10. The zero-order valence-electron chi connectivity index (χ0n) is 14.1. The van der Waals surface area contributed by atoms with E-state index < -0.39 is 0 Å². The van der Waals surface area contributed by atoms with Gasteiger partial charge in [0.2, 0.25) is 5.91 Å². The topological polar surface area (TPSA) is 74.8 Å². The fourth-order valence-corrected chi connectivity index (χ4v) is 1.64. The highest BCUT2D eigenvalue weighted by Crippen LogP contribution is 2.21. The van der Waals surface area contributed by atoms with Crippen LogP contribution in [0.4, 0.5) is 0 Å². The van der Waals surface area contributed by atoms with Crippen LogP contribution >= 0.6 is 24.0 Å². The van der Waals surface area contributed by atoms with Crippen LogP contribution in [-0.2, 0) is 9.53 Å². The van der Waals surface area contributed by atoms with E-state index in [-0.39, 0.29) is 41.4 Å². The van der Waals surface area contributed by atoms with Gasteiger partial charge >= 0.3 is 0 Å². The molecule has 0 fully saturated rings. The average molecular weight is 414 g/mol. The van der Waals surface area contributed by atoms with Crippen molar-refractivity contribution in [2.75, 3.05) is 33.3 Å². The fraction of sp³-hybridized carbons (Fsp3) is 0.857. The van der Waals surface area contributed by atoms with Crippen LogP contribution in [0.3, 0.4) is 0 Å². The number of carbonyl (C=O) groups is 1. The Labute approximate surface area is 145 Å². The van der Waals surface area contributed by atoms with E-state index in [0.717, 1.165) is 12.5 Å². The third kappa shape index (κ3) is 11.7. The molecule has 7 heteroatoms. The molecule has 0 aromatic heterocycles. The van der Waals surface area contributed by atoms with Crippen LogP contribution in [0.25, 0.3) is 0 Å². The molecule has 0 saturated carbocycles. The minimum absolute atomic E-state index is 0. The van der Waals surface area contributed by atoms with Crippen molar-refractivity contribution in [3.63, 3.8) is 0 Å². The molecule has 126 valence electrons. The number of hydrogen-bond acceptors (Lipinski definition) is 3. The van der Waals surface area contributed by atoms with E-state index in [4.69, 9.17) is 4.74 Å². The highest BCUT2D eigenvalue weighted by molar-refractivity contribution is 14.0. The SMILES string of the molecule is CCNC(=NCC(OC)C(C)(C)C)NCCNC(C)=O.I. The van der Waals surface area contributed by atoms with E-state index >= 15 is 0 Å². The van der Waals surface area contributed by atoms with Crippen molar-refractivity contribution in [3.8, 4) is 0 Å². The van der Waals surface area contributed by atoms with Gasteiger partial charge in [-0.2, -0.15) is 0 Å². The number of nitrogens with zero attached hydrogens (tertiary/aromatic N) is 1. The van der Waals surface area contributed by atoms with Crippen molar-refractivity contribution >= 4 is 35.8 Å². The number of guanidine groups is 1. The molecular formula is C14H31IN4O2. The van der Waals surface area contributed by atoms with Gasteiger partial charge in [0.25, 0.3) is 0 Å². The molecule has 1 unspecified atom stereocenters. The summed E-state index contributed by atoms with van der Waals surface area (Å²) in [5, 5.41) is 9.08. The summed E-state index contributed by atoms with van der Waals surface area (Å²) in [5.74, 6) is 0.713. The second-order valence-electron chi connectivity index (χ2n) is 5.72. The van der Waals surface area contributed by atoms with Crippen molar-refractivity contribution < 1.29 is 9.53 Å². The molecule has 0 aromatic carbocycles. The van der Waals surface area contributed by atoms with Gasteiger partial charge in [-0.25, -0.2) is 0 Å². The molecule has 0 heterocycles. The van der Waals surface area contributed by atoms with Gasteiger partial charge in [-0.1, -0.05) is 20.8 Å². The number of hydrogen-bond donors (Lipinski definition) is 3. The van der Waals surface area contributed by atoms with Crippen molar-refractivity contribution in [2.24, 2.45) is 10.4 Å². The molecule has 1 atom stereocenters. The maximum Gasteiger partial charge on any atom is 0.216 e. The van der Waals surface area contributed by atoms with Crippen molar-refractivity contribution in [2.45, 2.75) is 40.7 Å². The summed E-state index contributed by atoms with van der Waals surface area (Å²) in [6.45, 7) is 12.5. The largest absolute Gasteiger partial charge is 0.379 e. The molecule has 0 aliphatic heterocycles. The molecule has 0 bridgehead atoms. The van der Waals surface area contributed by atoms with Gasteiger partial charge < -0.3 is 20.7 Å². The van der Waals surface area contributed by atoms with Crippen molar-refractivity contribution in [1.29, 1.82) is 0 Å². The predicted molar refractivity (Wildman–Crippen MR) is 98.3 cm³/mol. The van der Waals surface area contributed by atoms with E-state index in [1.54, 1.807) is 7.11 Å². The van der Waals surface area contributed by atoms with Crippen LogP contribution < -0.4 is 16.0 Å². The lowest BCUT2D eigenvalue weighted by Crippen LogP contribution is -2.42. The number of ether oxygens (including phenoxy) is 1. The molecular weight excluding hydrogens is 383 g/mol. The summed E-state index contributed by atoms with van der Waals surface area (Å²) in [6, 6.07) is 0. The van der Waals surface area contributed by atoms with Gasteiger partial charge in [0.15, 0.2) is 5.96 Å². The van der Waals surface area contributed by atoms with Gasteiger partial charge in [0, 0.05) is 33.7 Å². The second-order valence-corrected chi connectivity index (χ2v) is 5.72. The van der Waals surface area contributed by atoms with Crippen LogP contribution in [0.15, 0.2) is 4.99 Å². The first kappa shape index (κ1) is 22.7. The van der Waals surface area contributed by atoms with Crippen LogP contribution in [0.1, 0.15) is 34.6 Å². The highest BCUT2D eigenvalue weighted by atomic mass is 127. The number of carbonyl (C=O) groups excluding carboxylic acids is 1. The van der Waals surface area contributed by atoms with Gasteiger partial charge in [-0.15, -0.1) is 24.0 Å². The van der Waals surface area contributed by atoms with E-state index in [0.29, 0.717) is 19.6 Å². The zero-order chi connectivity index (χ0) is 15.6. The average Bonchev–Trinajstić information content (AvgIpc) is 2.33. The lowest BCUT2D eigenvalue weighted by molar-refractivity contribution is -0.118. The summed E-state index contributed by atoms with van der Waals surface area (Å²) in [7, 11) is 1.71. The quantitative estimate of drug-likeness (QED) is 0.255. The van der Waals surface area contributed by atoms with E-state index in [2.05, 4.69) is 41.7 Å². The van der Waals surface area contributed by atoms with Gasteiger partial charge in [-0.3, -0.25) is 9.79 Å². The number of nitrogens with one attached hydrogen (secondary N) is 3. The van der Waals surface area contributed by atoms with Crippen LogP contribution in [0, 0.1) is 5.41 Å². The summed E-state index contributed by atoms with van der Waals surface area (Å²) in [4.78, 5) is 15.3. The standard InChI is InChI=1S/C14H30N4O2.HI/c1-7-15-13(17-9-8-16-11(2)19)18-10-12(20-6)14(3,4)5;/h12H,7-10H2,1-6H3,(H,16,19)(H2,15,17,18);1H. The van der Waals surface area contributed by atoms with Crippen molar-refractivity contribution in [3.05, 3.63) is 0 Å². The lowest BCUT2D eigenvalue weighted by Gasteiger charge is -2.28. The highest BCUT2D eigenvalue weighted by Gasteiger charge is 2.23. The maximum absolute atomic E-state index is 10.8. The number of methoxy groups -OCH3 is 1. The third-order valence-corrected chi connectivity index (χ3v) is 2.80. The molecule has 0 aliphatic rings. The molecule has 3 N–H and O–H groups in total. The third-order valence-electron chi connectivity index (χ3n) is 2.80. The fourth-order valence-electron chi connectivity index (χ4n) is 1.64. The van der Waals surface area contributed by atoms with Gasteiger partial charge in [-0.05, 0) is 12.3 Å². The molecule has 0 spiro atoms. The Morgan fingerprint density at radius 1 is 1.19 bits per heavy atom. The first-order chi connectivity index (χ1) is 9.31. The zero-order valence-corrected chi connectivity index (χ0v) is 16.4. The van der Waals surface area contributed by atoms with Crippen molar-refractivity contribution in [1.82, 2.24) is 16.0 Å². The minimum atomic E-state index is -0.0269. The van der Waals surface area contributed by atoms with Crippen LogP contribution in [0.2, 0.25) is 0 Å². The Bertz CT molecular complexity index is 317. The smallest absolute Gasteiger partial charge is 0.216 e. The Morgan fingerprint density at radius 2 is 1.76 bits per heavy atom. The number of aliphatic imine (C=N–C) groups is 1. The van der Waals surface area contributed by atoms with E-state index in [1.807, 2.05) is 6.92 Å². The molecule has 0 rings (SSSR count). The molecule has 0 aromatic rings. The monoisotopic (exact) mass is 414 g/mol. The summed E-state index contributed by atoms with van der Waals surface area (Å²) >= 11 is 0. The Morgan fingerprint density at radius 3 is 2.19 bits per heavy atom. The van der Waals surface area contributed by atoms with Gasteiger partial charge in [0.1, 0.15) is 0 Å². The van der Waals surface area contributed by atoms with Crippen LogP contribution in [0.5, 0.6) is 0 Å². The van der Waals surface area contributed by atoms with E-state index in [1.165, 1.54) is 6.92 Å². The number of amides is 1. The molecule has 0 saturated heterocycles. The summed E-state index contributed by atoms with van der Waals surface area (Å²) in [5.41, 5.74) is 0.0474. The predicted octanol–water partition coefficient (Wildman–Crippen LogP) is 1.36. The van der Waals surface area contributed by atoms with Gasteiger partial charge in [0.05, 0.1) is 12.6 Å². The molecule has 1 amide bonds. The first-order valence-electron chi connectivity index (χ1n) is 7.10. The van der Waals surface area contributed by atoms with E-state index in [9.17, 15) is 4.79 Å². The number of rotatable bonds is 7. The molecule has 0 aliphatic carbocycles. The van der Waals surface area contributed by atoms with Crippen LogP contribution in [-0.4, -0.2) is 51.3 Å². The maximum atomic E-state index is 10.8. The minimum Gasteiger partial charge on any atom is -0.379 e. The Balaban J connectivity index is 0. The second kappa shape index (κ2) is 12.0. The normalized spacial score (nSPS) is 13.1. The number of halogens is 1. The lowest BCUT2D eigenvalue weighted by atomic mass is 9.89. The summed E-state index contributed by atoms with van der Waals surface area (Å²) < 4.78 is 5.48. The molecule has 21 heavy (non-hydrogen) atoms.